The van der Waals surface area contributed by atoms with Crippen LogP contribution in [-0.4, -0.2) is 40.9 Å². The largest absolute Gasteiger partial charge is 0.321 e. The summed E-state index contributed by atoms with van der Waals surface area (Å²) in [5.41, 5.74) is 4.00. The first-order chi connectivity index (χ1) is 11.8. The van der Waals surface area contributed by atoms with Crippen molar-refractivity contribution < 1.29 is 4.79 Å². The molecule has 126 valence electrons. The topological polar surface area (TPSA) is 45.2 Å². The maximum absolute atomic E-state index is 12.2. The van der Waals surface area contributed by atoms with E-state index in [4.69, 9.17) is 0 Å². The van der Waals surface area contributed by atoms with Gasteiger partial charge in [0.2, 0.25) is 0 Å². The fourth-order valence-electron chi connectivity index (χ4n) is 3.01. The average Bonchev–Trinajstić information content (AvgIpc) is 2.62. The van der Waals surface area contributed by atoms with Gasteiger partial charge in [0.15, 0.2) is 0 Å². The molecule has 3 rings (SSSR count). The zero-order valence-corrected chi connectivity index (χ0v) is 14.8. The van der Waals surface area contributed by atoms with E-state index < -0.39 is 0 Å². The van der Waals surface area contributed by atoms with Crippen LogP contribution in [0, 0.1) is 0 Å². The number of hydrogen-bond donors (Lipinski definition) is 1. The van der Waals surface area contributed by atoms with Gasteiger partial charge < -0.3 is 5.32 Å². The Bertz CT molecular complexity index is 690. The highest BCUT2D eigenvalue weighted by Gasteiger charge is 2.17. The van der Waals surface area contributed by atoms with Crippen LogP contribution >= 0.6 is 11.8 Å². The van der Waals surface area contributed by atoms with Gasteiger partial charge in [-0.05, 0) is 66.8 Å². The second-order valence-electron chi connectivity index (χ2n) is 6.03. The molecule has 1 amide bonds. The van der Waals surface area contributed by atoms with Crippen molar-refractivity contribution in [2.24, 2.45) is 0 Å². The predicted octanol–water partition coefficient (Wildman–Crippen LogP) is 3.45. The number of benzene rings is 1. The first-order valence-corrected chi connectivity index (χ1v) is 9.71. The summed E-state index contributed by atoms with van der Waals surface area (Å²) in [5.74, 6) is 1.05. The van der Waals surface area contributed by atoms with Crippen molar-refractivity contribution >= 4 is 23.4 Å². The SMILES string of the molecule is CSCCCN1CCc2ccc(NC(=O)c3ccccn3)cc2C1. The standard InChI is InChI=1S/C19H23N3OS/c1-24-12-4-10-22-11-8-15-6-7-17(13-16(15)14-22)21-19(23)18-5-2-3-9-20-18/h2-3,5-7,9,13H,4,8,10-12,14H2,1H3,(H,21,23). The van der Waals surface area contributed by atoms with Gasteiger partial charge in [-0.1, -0.05) is 12.1 Å². The van der Waals surface area contributed by atoms with Crippen LogP contribution in [0.2, 0.25) is 0 Å². The number of carbonyl (C=O) groups is 1. The molecule has 0 radical (unpaired) electrons. The molecule has 0 unspecified atom stereocenters. The Labute approximate surface area is 147 Å². The van der Waals surface area contributed by atoms with Gasteiger partial charge in [0.05, 0.1) is 0 Å². The zero-order chi connectivity index (χ0) is 16.8. The number of amides is 1. The van der Waals surface area contributed by atoms with E-state index in [1.807, 2.05) is 23.9 Å². The molecule has 1 aromatic heterocycles. The van der Waals surface area contributed by atoms with Crippen LogP contribution in [0.3, 0.4) is 0 Å². The van der Waals surface area contributed by atoms with Gasteiger partial charge >= 0.3 is 0 Å². The molecule has 1 aromatic carbocycles. The van der Waals surface area contributed by atoms with Crippen LogP contribution in [-0.2, 0) is 13.0 Å². The van der Waals surface area contributed by atoms with Crippen LogP contribution in [0.15, 0.2) is 42.6 Å². The smallest absolute Gasteiger partial charge is 0.274 e. The van der Waals surface area contributed by atoms with E-state index in [0.717, 1.165) is 31.7 Å². The third kappa shape index (κ3) is 4.36. The Balaban J connectivity index is 1.65. The summed E-state index contributed by atoms with van der Waals surface area (Å²) in [6.07, 6.45) is 6.10. The summed E-state index contributed by atoms with van der Waals surface area (Å²) in [6, 6.07) is 11.6. The first-order valence-electron chi connectivity index (χ1n) is 8.32. The van der Waals surface area contributed by atoms with Gasteiger partial charge in [-0.25, -0.2) is 0 Å². The number of nitrogens with one attached hydrogen (secondary N) is 1. The molecular formula is C19H23N3OS. The molecule has 24 heavy (non-hydrogen) atoms. The molecule has 0 spiro atoms. The quantitative estimate of drug-likeness (QED) is 0.818. The van der Waals surface area contributed by atoms with E-state index >= 15 is 0 Å². The monoisotopic (exact) mass is 341 g/mol. The number of anilines is 1. The number of aromatic nitrogens is 1. The molecule has 0 saturated carbocycles. The number of rotatable bonds is 6. The van der Waals surface area contributed by atoms with Gasteiger partial charge in [0.1, 0.15) is 5.69 Å². The van der Waals surface area contributed by atoms with Crippen LogP contribution in [0.5, 0.6) is 0 Å². The molecule has 1 aliphatic heterocycles. The third-order valence-corrected chi connectivity index (χ3v) is 4.97. The lowest BCUT2D eigenvalue weighted by Gasteiger charge is -2.29. The molecule has 4 nitrogen and oxygen atoms in total. The molecule has 2 heterocycles. The van der Waals surface area contributed by atoms with Crippen LogP contribution in [0.1, 0.15) is 28.0 Å². The summed E-state index contributed by atoms with van der Waals surface area (Å²) in [5, 5.41) is 2.95. The fourth-order valence-corrected chi connectivity index (χ4v) is 3.43. The second-order valence-corrected chi connectivity index (χ2v) is 7.01. The van der Waals surface area contributed by atoms with Gasteiger partial charge in [-0.3, -0.25) is 14.7 Å². The van der Waals surface area contributed by atoms with E-state index in [2.05, 4.69) is 33.6 Å². The van der Waals surface area contributed by atoms with Crippen molar-refractivity contribution in [2.45, 2.75) is 19.4 Å². The number of fused-ring (bicyclic) bond motifs is 1. The summed E-state index contributed by atoms with van der Waals surface area (Å²) in [7, 11) is 0. The van der Waals surface area contributed by atoms with Crippen LogP contribution < -0.4 is 5.32 Å². The Kier molecular flexibility index (Phi) is 5.88. The molecular weight excluding hydrogens is 318 g/mol. The van der Waals surface area contributed by atoms with Crippen molar-refractivity contribution in [2.75, 3.05) is 30.4 Å². The molecule has 0 saturated heterocycles. The van der Waals surface area contributed by atoms with Crippen molar-refractivity contribution in [1.29, 1.82) is 0 Å². The minimum atomic E-state index is -0.164. The highest BCUT2D eigenvalue weighted by molar-refractivity contribution is 7.98. The van der Waals surface area contributed by atoms with E-state index in [-0.39, 0.29) is 5.91 Å². The molecule has 0 aliphatic carbocycles. The fraction of sp³-hybridized carbons (Fsp3) is 0.368. The summed E-state index contributed by atoms with van der Waals surface area (Å²) < 4.78 is 0. The lowest BCUT2D eigenvalue weighted by atomic mass is 9.99. The number of pyridine rings is 1. The summed E-state index contributed by atoms with van der Waals surface area (Å²) in [6.45, 7) is 3.24. The second kappa shape index (κ2) is 8.31. The molecule has 5 heteroatoms. The molecule has 0 fully saturated rings. The number of thioether (sulfide) groups is 1. The lowest BCUT2D eigenvalue weighted by molar-refractivity contribution is 0.102. The van der Waals surface area contributed by atoms with E-state index in [9.17, 15) is 4.79 Å². The Morgan fingerprint density at radius 3 is 3.00 bits per heavy atom. The number of nitrogens with zero attached hydrogens (tertiary/aromatic N) is 2. The predicted molar refractivity (Wildman–Crippen MR) is 101 cm³/mol. The van der Waals surface area contributed by atoms with Gasteiger partial charge in [-0.15, -0.1) is 0 Å². The molecule has 0 atom stereocenters. The van der Waals surface area contributed by atoms with E-state index in [1.165, 1.54) is 23.3 Å². The van der Waals surface area contributed by atoms with Gasteiger partial charge in [0.25, 0.3) is 5.91 Å². The van der Waals surface area contributed by atoms with Gasteiger partial charge in [-0.2, -0.15) is 11.8 Å². The van der Waals surface area contributed by atoms with E-state index in [0.29, 0.717) is 5.69 Å². The summed E-state index contributed by atoms with van der Waals surface area (Å²) >= 11 is 1.90. The number of carbonyl (C=O) groups excluding carboxylic acids is 1. The van der Waals surface area contributed by atoms with Gasteiger partial charge in [0, 0.05) is 25.0 Å². The zero-order valence-electron chi connectivity index (χ0n) is 14.0. The maximum atomic E-state index is 12.2. The normalized spacial score (nSPS) is 14.2. The molecule has 1 N–H and O–H groups in total. The van der Waals surface area contributed by atoms with E-state index in [1.54, 1.807) is 18.3 Å². The minimum absolute atomic E-state index is 0.164. The van der Waals surface area contributed by atoms with Crippen molar-refractivity contribution in [3.8, 4) is 0 Å². The maximum Gasteiger partial charge on any atom is 0.274 e. The highest BCUT2D eigenvalue weighted by Crippen LogP contribution is 2.23. The minimum Gasteiger partial charge on any atom is -0.321 e. The summed E-state index contributed by atoms with van der Waals surface area (Å²) in [4.78, 5) is 18.8. The highest BCUT2D eigenvalue weighted by atomic mass is 32.2. The Morgan fingerprint density at radius 2 is 2.21 bits per heavy atom. The van der Waals surface area contributed by atoms with Crippen molar-refractivity contribution in [3.05, 3.63) is 59.4 Å². The van der Waals surface area contributed by atoms with Crippen molar-refractivity contribution in [3.63, 3.8) is 0 Å². The molecule has 2 aromatic rings. The average molecular weight is 341 g/mol. The Hall–Kier alpha value is -1.85. The molecule has 0 bridgehead atoms. The third-order valence-electron chi connectivity index (χ3n) is 4.28. The number of hydrogen-bond acceptors (Lipinski definition) is 4. The van der Waals surface area contributed by atoms with Crippen LogP contribution in [0.25, 0.3) is 0 Å². The van der Waals surface area contributed by atoms with Crippen LogP contribution in [0.4, 0.5) is 5.69 Å². The first kappa shape index (κ1) is 17.0. The molecule has 1 aliphatic rings. The Morgan fingerprint density at radius 1 is 1.29 bits per heavy atom. The lowest BCUT2D eigenvalue weighted by Crippen LogP contribution is -2.31. The van der Waals surface area contributed by atoms with Crippen molar-refractivity contribution in [1.82, 2.24) is 9.88 Å².